The number of carbonyl (C=O) groups excluding carboxylic acids is 1. The number of hydrogen-bond donors (Lipinski definition) is 0. The Hall–Kier alpha value is -1.11. The molecule has 1 aromatic rings. The van der Waals surface area contributed by atoms with E-state index in [0.29, 0.717) is 6.42 Å². The molecule has 112 valence electrons. The van der Waals surface area contributed by atoms with Gasteiger partial charge in [-0.3, -0.25) is 4.79 Å². The minimum absolute atomic E-state index is 0.0459. The van der Waals surface area contributed by atoms with E-state index in [2.05, 4.69) is 20.8 Å². The van der Waals surface area contributed by atoms with Gasteiger partial charge in [-0.2, -0.15) is 0 Å². The molecule has 0 unspecified atom stereocenters. The molecule has 0 spiro atoms. The van der Waals surface area contributed by atoms with Crippen LogP contribution in [0.1, 0.15) is 61.8 Å². The number of carbonyl (C=O) groups is 1. The van der Waals surface area contributed by atoms with Crippen LogP contribution in [0.25, 0.3) is 0 Å². The highest BCUT2D eigenvalue weighted by atomic mass is 16.1. The summed E-state index contributed by atoms with van der Waals surface area (Å²) in [4.78, 5) is 12.8. The van der Waals surface area contributed by atoms with Gasteiger partial charge in [0.1, 0.15) is 5.78 Å². The van der Waals surface area contributed by atoms with E-state index in [1.54, 1.807) is 6.07 Å². The molecule has 1 aromatic carbocycles. The van der Waals surface area contributed by atoms with Gasteiger partial charge in [-0.05, 0) is 30.7 Å². The van der Waals surface area contributed by atoms with Crippen molar-refractivity contribution in [3.63, 3.8) is 0 Å². The van der Waals surface area contributed by atoms with Gasteiger partial charge in [0.25, 0.3) is 0 Å². The van der Waals surface area contributed by atoms with E-state index >= 15 is 0 Å². The number of aryl methyl sites for hydroxylation is 1. The van der Waals surface area contributed by atoms with Gasteiger partial charge in [0, 0.05) is 11.3 Å². The van der Waals surface area contributed by atoms with Gasteiger partial charge in [-0.15, -0.1) is 0 Å². The van der Waals surface area contributed by atoms with Crippen LogP contribution in [0.15, 0.2) is 24.2 Å². The lowest BCUT2D eigenvalue weighted by Gasteiger charge is -2.30. The van der Waals surface area contributed by atoms with Crippen LogP contribution in [0.3, 0.4) is 0 Å². The molecule has 1 atom stereocenters. The molecule has 0 aromatic heterocycles. The van der Waals surface area contributed by atoms with E-state index in [-0.39, 0.29) is 34.6 Å². The zero-order valence-corrected chi connectivity index (χ0v) is 14.1. The first-order chi connectivity index (χ1) is 9.81. The molecule has 20 heavy (non-hydrogen) atoms. The van der Waals surface area contributed by atoms with Crippen molar-refractivity contribution in [2.24, 2.45) is 16.7 Å². The number of hydrogen-bond acceptors (Lipinski definition) is 1. The molecule has 0 aliphatic heterocycles. The average Bonchev–Trinajstić information content (AvgIpc) is 2.31. The van der Waals surface area contributed by atoms with Crippen molar-refractivity contribution in [1.82, 2.24) is 0 Å². The SMILES string of the molecule is [2H]c1cc(C[C@H](CC(C)(C)C)C(=O)C(C)(C)C)cc(C)c1[2H]. The highest BCUT2D eigenvalue weighted by Crippen LogP contribution is 2.32. The van der Waals surface area contributed by atoms with Crippen LogP contribution in [0.4, 0.5) is 0 Å². The maximum atomic E-state index is 12.8. The van der Waals surface area contributed by atoms with Crippen LogP contribution in [0, 0.1) is 23.7 Å². The van der Waals surface area contributed by atoms with Crippen molar-refractivity contribution < 1.29 is 7.54 Å². The fraction of sp³-hybridized carbons (Fsp3) is 0.632. The van der Waals surface area contributed by atoms with E-state index in [9.17, 15) is 4.79 Å². The molecule has 1 rings (SSSR count). The first-order valence-electron chi connectivity index (χ1n) is 8.42. The van der Waals surface area contributed by atoms with Crippen molar-refractivity contribution in [2.75, 3.05) is 0 Å². The molecule has 0 fully saturated rings. The quantitative estimate of drug-likeness (QED) is 0.738. The monoisotopic (exact) mass is 276 g/mol. The molecule has 1 nitrogen and oxygen atoms in total. The maximum Gasteiger partial charge on any atom is 0.141 e. The van der Waals surface area contributed by atoms with Crippen LogP contribution in [0.5, 0.6) is 0 Å². The van der Waals surface area contributed by atoms with E-state index in [1.807, 2.05) is 33.8 Å². The van der Waals surface area contributed by atoms with Crippen molar-refractivity contribution >= 4 is 5.78 Å². The van der Waals surface area contributed by atoms with Crippen molar-refractivity contribution in [2.45, 2.75) is 61.3 Å². The number of benzene rings is 1. The van der Waals surface area contributed by atoms with Crippen molar-refractivity contribution in [1.29, 1.82) is 0 Å². The molecule has 0 saturated carbocycles. The highest BCUT2D eigenvalue weighted by molar-refractivity contribution is 5.86. The third-order valence-corrected chi connectivity index (χ3v) is 3.38. The molecule has 0 radical (unpaired) electrons. The molecule has 1 heteroatoms. The summed E-state index contributed by atoms with van der Waals surface area (Å²) in [6.07, 6.45) is 1.48. The average molecular weight is 276 g/mol. The summed E-state index contributed by atoms with van der Waals surface area (Å²) in [6.45, 7) is 14.2. The van der Waals surface area contributed by atoms with E-state index in [4.69, 9.17) is 2.74 Å². The fourth-order valence-electron chi connectivity index (χ4n) is 2.61. The van der Waals surface area contributed by atoms with Gasteiger partial charge in [0.2, 0.25) is 0 Å². The van der Waals surface area contributed by atoms with Gasteiger partial charge in [-0.25, -0.2) is 0 Å². The molecule has 0 amide bonds. The normalized spacial score (nSPS) is 15.6. The standard InChI is InChI=1S/C19H30O/c1-14-9-8-10-15(11-14)12-16(13-18(2,3)4)17(20)19(5,6)7/h8-11,16H,12-13H2,1-7H3/t16-/m1/s1/i8D,9D. The lowest BCUT2D eigenvalue weighted by molar-refractivity contribution is -0.131. The molecule has 0 saturated heterocycles. The number of ketones is 1. The van der Waals surface area contributed by atoms with E-state index in [1.165, 1.54) is 0 Å². The lowest BCUT2D eigenvalue weighted by atomic mass is 9.73. The second-order valence-corrected chi connectivity index (χ2v) is 8.10. The van der Waals surface area contributed by atoms with Crippen molar-refractivity contribution in [3.05, 3.63) is 35.3 Å². The highest BCUT2D eigenvalue weighted by Gasteiger charge is 2.32. The van der Waals surface area contributed by atoms with Crippen LogP contribution in [-0.4, -0.2) is 5.78 Å². The minimum atomic E-state index is -0.357. The Kier molecular flexibility index (Phi) is 4.24. The van der Waals surface area contributed by atoms with Crippen LogP contribution >= 0.6 is 0 Å². The first-order valence-corrected chi connectivity index (χ1v) is 7.42. The Morgan fingerprint density at radius 3 is 2.30 bits per heavy atom. The number of Topliss-reactive ketones (excluding diaryl/α,β-unsaturated/α-hetero) is 1. The van der Waals surface area contributed by atoms with Gasteiger partial charge in [0.05, 0.1) is 2.74 Å². The zero-order chi connectivity index (χ0) is 17.3. The van der Waals surface area contributed by atoms with Crippen LogP contribution in [-0.2, 0) is 11.2 Å². The third kappa shape index (κ3) is 5.48. The van der Waals surface area contributed by atoms with Crippen LogP contribution in [0.2, 0.25) is 0 Å². The van der Waals surface area contributed by atoms with Gasteiger partial charge in [-0.1, -0.05) is 71.3 Å². The van der Waals surface area contributed by atoms with E-state index in [0.717, 1.165) is 17.5 Å². The predicted molar refractivity (Wildman–Crippen MR) is 86.9 cm³/mol. The summed E-state index contributed by atoms with van der Waals surface area (Å²) in [6, 6.07) is 4.21. The summed E-state index contributed by atoms with van der Waals surface area (Å²) in [7, 11) is 0. The summed E-state index contributed by atoms with van der Waals surface area (Å²) in [5.41, 5.74) is 1.52. The fourth-order valence-corrected chi connectivity index (χ4v) is 2.61. The summed E-state index contributed by atoms with van der Waals surface area (Å²) in [5, 5.41) is 0. The second kappa shape index (κ2) is 6.11. The van der Waals surface area contributed by atoms with Gasteiger partial charge in [0.15, 0.2) is 0 Å². The Balaban J connectivity index is 3.11. The molecule has 0 aliphatic carbocycles. The molecule has 0 N–H and O–H groups in total. The largest absolute Gasteiger partial charge is 0.299 e. The Bertz CT molecular complexity index is 525. The second-order valence-electron chi connectivity index (χ2n) is 8.10. The van der Waals surface area contributed by atoms with Gasteiger partial charge >= 0.3 is 0 Å². The minimum Gasteiger partial charge on any atom is -0.299 e. The van der Waals surface area contributed by atoms with Gasteiger partial charge < -0.3 is 0 Å². The number of rotatable bonds is 4. The topological polar surface area (TPSA) is 17.1 Å². The third-order valence-electron chi connectivity index (χ3n) is 3.38. The molecule has 0 heterocycles. The van der Waals surface area contributed by atoms with Crippen LogP contribution < -0.4 is 0 Å². The van der Waals surface area contributed by atoms with E-state index < -0.39 is 0 Å². The first kappa shape index (κ1) is 13.9. The molecule has 0 aliphatic rings. The summed E-state index contributed by atoms with van der Waals surface area (Å²) >= 11 is 0. The maximum absolute atomic E-state index is 12.8. The predicted octanol–water partition coefficient (Wildman–Crippen LogP) is 5.21. The Morgan fingerprint density at radius 2 is 1.85 bits per heavy atom. The summed E-state index contributed by atoms with van der Waals surface area (Å²) < 4.78 is 15.7. The Morgan fingerprint density at radius 1 is 1.25 bits per heavy atom. The molecular formula is C19H30O. The van der Waals surface area contributed by atoms with Crippen molar-refractivity contribution in [3.8, 4) is 0 Å². The smallest absolute Gasteiger partial charge is 0.141 e. The molecule has 0 bridgehead atoms. The lowest BCUT2D eigenvalue weighted by Crippen LogP contribution is -2.32. The Labute approximate surface area is 127 Å². The zero-order valence-electron chi connectivity index (χ0n) is 16.1. The molecular weight excluding hydrogens is 244 g/mol. The summed E-state index contributed by atoms with van der Waals surface area (Å²) in [5.74, 6) is 0.233.